The molecule has 116 valence electrons. The predicted octanol–water partition coefficient (Wildman–Crippen LogP) is 2.94. The Morgan fingerprint density at radius 2 is 1.70 bits per heavy atom. The van der Waals surface area contributed by atoms with E-state index in [4.69, 9.17) is 11.5 Å². The number of hydrogen-bond acceptors (Lipinski definition) is 7. The Balaban J connectivity index is 1.93. The van der Waals surface area contributed by atoms with E-state index in [-0.39, 0.29) is 17.3 Å². The van der Waals surface area contributed by atoms with Crippen LogP contribution in [0.1, 0.15) is 6.92 Å². The fourth-order valence-electron chi connectivity index (χ4n) is 1.97. The lowest BCUT2D eigenvalue weighted by atomic mass is 10.3. The van der Waals surface area contributed by atoms with Crippen molar-refractivity contribution < 1.29 is 0 Å². The molecule has 0 radical (unpaired) electrons. The van der Waals surface area contributed by atoms with Crippen LogP contribution in [-0.2, 0) is 6.54 Å². The summed E-state index contributed by atoms with van der Waals surface area (Å²) < 4.78 is 1.77. The summed E-state index contributed by atoms with van der Waals surface area (Å²) in [6, 6.07) is 11.1. The van der Waals surface area contributed by atoms with Crippen LogP contribution in [0.4, 0.5) is 23.0 Å². The number of benzene rings is 1. The van der Waals surface area contributed by atoms with Crippen molar-refractivity contribution in [3.05, 3.63) is 42.6 Å². The van der Waals surface area contributed by atoms with E-state index in [1.807, 2.05) is 49.5 Å². The zero-order valence-corrected chi connectivity index (χ0v) is 12.6. The molecule has 23 heavy (non-hydrogen) atoms. The van der Waals surface area contributed by atoms with E-state index in [1.165, 1.54) is 0 Å². The lowest BCUT2D eigenvalue weighted by Gasteiger charge is -2.04. The first-order valence-electron chi connectivity index (χ1n) is 7.11. The summed E-state index contributed by atoms with van der Waals surface area (Å²) in [7, 11) is 0. The Labute approximate surface area is 132 Å². The predicted molar refractivity (Wildman–Crippen MR) is 88.4 cm³/mol. The SMILES string of the molecule is CCn1ccc(-c2nc(N)c(N=Nc3ccccc3)c(N)n2)n1. The average molecular weight is 308 g/mol. The highest BCUT2D eigenvalue weighted by Crippen LogP contribution is 2.30. The summed E-state index contributed by atoms with van der Waals surface area (Å²) in [6.07, 6.45) is 1.84. The fourth-order valence-corrected chi connectivity index (χ4v) is 1.97. The Kier molecular flexibility index (Phi) is 3.96. The second kappa shape index (κ2) is 6.22. The molecule has 8 nitrogen and oxygen atoms in total. The van der Waals surface area contributed by atoms with Gasteiger partial charge in [0.15, 0.2) is 23.1 Å². The molecule has 0 saturated carbocycles. The maximum absolute atomic E-state index is 5.94. The van der Waals surface area contributed by atoms with Gasteiger partial charge in [0.05, 0.1) is 5.69 Å². The minimum atomic E-state index is 0.165. The van der Waals surface area contributed by atoms with Crippen molar-refractivity contribution in [1.82, 2.24) is 19.7 Å². The molecule has 1 aromatic carbocycles. The van der Waals surface area contributed by atoms with Crippen LogP contribution in [0.2, 0.25) is 0 Å². The van der Waals surface area contributed by atoms with E-state index in [0.29, 0.717) is 17.2 Å². The molecule has 0 aliphatic carbocycles. The molecule has 3 rings (SSSR count). The summed E-state index contributed by atoms with van der Waals surface area (Å²) in [5, 5.41) is 12.5. The number of rotatable bonds is 4. The molecule has 3 aromatic rings. The molecule has 0 fully saturated rings. The summed E-state index contributed by atoms with van der Waals surface area (Å²) in [5.74, 6) is 0.697. The van der Waals surface area contributed by atoms with Gasteiger partial charge in [0.2, 0.25) is 0 Å². The number of aromatic nitrogens is 4. The summed E-state index contributed by atoms with van der Waals surface area (Å²) >= 11 is 0. The Morgan fingerprint density at radius 1 is 1.00 bits per heavy atom. The van der Waals surface area contributed by atoms with Crippen molar-refractivity contribution in [2.45, 2.75) is 13.5 Å². The van der Waals surface area contributed by atoms with Gasteiger partial charge < -0.3 is 11.5 Å². The maximum Gasteiger partial charge on any atom is 0.184 e. The third-order valence-corrected chi connectivity index (χ3v) is 3.15. The van der Waals surface area contributed by atoms with Gasteiger partial charge in [-0.2, -0.15) is 10.2 Å². The van der Waals surface area contributed by atoms with Gasteiger partial charge in [-0.25, -0.2) is 9.97 Å². The van der Waals surface area contributed by atoms with Gasteiger partial charge in [-0.05, 0) is 25.1 Å². The molecular weight excluding hydrogens is 292 g/mol. The fraction of sp³-hybridized carbons (Fsp3) is 0.133. The Hall–Kier alpha value is -3.29. The highest BCUT2D eigenvalue weighted by molar-refractivity contribution is 5.73. The van der Waals surface area contributed by atoms with Gasteiger partial charge in [0, 0.05) is 12.7 Å². The molecule has 0 amide bonds. The van der Waals surface area contributed by atoms with Crippen molar-refractivity contribution in [2.24, 2.45) is 10.2 Å². The van der Waals surface area contributed by atoms with Gasteiger partial charge in [-0.15, -0.1) is 5.11 Å². The van der Waals surface area contributed by atoms with Gasteiger partial charge in [-0.1, -0.05) is 18.2 Å². The van der Waals surface area contributed by atoms with Gasteiger partial charge >= 0.3 is 0 Å². The normalized spacial score (nSPS) is 11.2. The minimum Gasteiger partial charge on any atom is -0.382 e. The molecule has 0 aliphatic heterocycles. The molecule has 0 spiro atoms. The molecule has 0 saturated heterocycles. The highest BCUT2D eigenvalue weighted by atomic mass is 15.3. The highest BCUT2D eigenvalue weighted by Gasteiger charge is 2.13. The Bertz CT molecular complexity index is 815. The molecule has 0 unspecified atom stereocenters. The number of anilines is 2. The van der Waals surface area contributed by atoms with Crippen LogP contribution < -0.4 is 11.5 Å². The van der Waals surface area contributed by atoms with Crippen LogP contribution in [0.3, 0.4) is 0 Å². The van der Waals surface area contributed by atoms with Crippen LogP contribution in [0, 0.1) is 0 Å². The van der Waals surface area contributed by atoms with Crippen molar-refractivity contribution in [1.29, 1.82) is 0 Å². The van der Waals surface area contributed by atoms with Crippen LogP contribution in [0.25, 0.3) is 11.5 Å². The van der Waals surface area contributed by atoms with E-state index in [1.54, 1.807) is 4.68 Å². The van der Waals surface area contributed by atoms with Crippen LogP contribution in [0.5, 0.6) is 0 Å². The first-order valence-corrected chi connectivity index (χ1v) is 7.11. The second-order valence-electron chi connectivity index (χ2n) is 4.76. The first kappa shape index (κ1) is 14.6. The van der Waals surface area contributed by atoms with Crippen LogP contribution in [0.15, 0.2) is 52.8 Å². The van der Waals surface area contributed by atoms with Crippen molar-refractivity contribution >= 4 is 23.0 Å². The number of nitrogens with two attached hydrogens (primary N) is 2. The maximum atomic E-state index is 5.94. The summed E-state index contributed by atoms with van der Waals surface area (Å²) in [4.78, 5) is 8.44. The number of aryl methyl sites for hydroxylation is 1. The molecule has 8 heteroatoms. The monoisotopic (exact) mass is 308 g/mol. The Morgan fingerprint density at radius 3 is 2.30 bits per heavy atom. The molecule has 0 bridgehead atoms. The van der Waals surface area contributed by atoms with Crippen LogP contribution >= 0.6 is 0 Å². The smallest absolute Gasteiger partial charge is 0.184 e. The molecule has 2 heterocycles. The lowest BCUT2D eigenvalue weighted by molar-refractivity contribution is 0.661. The molecule has 0 atom stereocenters. The van der Waals surface area contributed by atoms with E-state index < -0.39 is 0 Å². The second-order valence-corrected chi connectivity index (χ2v) is 4.76. The lowest BCUT2D eigenvalue weighted by Crippen LogP contribution is -2.02. The van der Waals surface area contributed by atoms with E-state index in [2.05, 4.69) is 25.3 Å². The molecule has 4 N–H and O–H groups in total. The zero-order valence-electron chi connectivity index (χ0n) is 12.6. The van der Waals surface area contributed by atoms with E-state index >= 15 is 0 Å². The van der Waals surface area contributed by atoms with E-state index in [9.17, 15) is 0 Å². The van der Waals surface area contributed by atoms with Crippen LogP contribution in [-0.4, -0.2) is 19.7 Å². The number of nitrogen functional groups attached to an aromatic ring is 2. The number of hydrogen-bond donors (Lipinski definition) is 2. The first-order chi connectivity index (χ1) is 11.2. The van der Waals surface area contributed by atoms with Crippen molar-refractivity contribution in [2.75, 3.05) is 11.5 Å². The number of nitrogens with zero attached hydrogens (tertiary/aromatic N) is 6. The third-order valence-electron chi connectivity index (χ3n) is 3.15. The van der Waals surface area contributed by atoms with Gasteiger partial charge in [-0.3, -0.25) is 4.68 Å². The van der Waals surface area contributed by atoms with E-state index in [0.717, 1.165) is 6.54 Å². The number of azo groups is 1. The zero-order chi connectivity index (χ0) is 16.2. The third kappa shape index (κ3) is 3.15. The summed E-state index contributed by atoms with van der Waals surface area (Å²) in [5.41, 5.74) is 13.4. The quantitative estimate of drug-likeness (QED) is 0.718. The van der Waals surface area contributed by atoms with Gasteiger partial charge in [0.1, 0.15) is 5.69 Å². The van der Waals surface area contributed by atoms with Crippen molar-refractivity contribution in [3.8, 4) is 11.5 Å². The van der Waals surface area contributed by atoms with Gasteiger partial charge in [0.25, 0.3) is 0 Å². The largest absolute Gasteiger partial charge is 0.382 e. The standard InChI is InChI=1S/C15H16N8/c1-2-23-9-8-11(22-23)15-18-13(16)12(14(17)19-15)21-20-10-6-4-3-5-7-10/h3-9H,2H2,1H3,(H4,16,17,18,19). The topological polar surface area (TPSA) is 120 Å². The molecule has 0 aliphatic rings. The average Bonchev–Trinajstić information content (AvgIpc) is 3.04. The van der Waals surface area contributed by atoms with Crippen molar-refractivity contribution in [3.63, 3.8) is 0 Å². The molecular formula is C15H16N8. The molecule has 2 aromatic heterocycles. The summed E-state index contributed by atoms with van der Waals surface area (Å²) in [6.45, 7) is 2.75. The minimum absolute atomic E-state index is 0.165.